The second-order valence-electron chi connectivity index (χ2n) is 3.86. The fourth-order valence-electron chi connectivity index (χ4n) is 1.55. The molecule has 2 N–H and O–H groups in total. The third-order valence-corrected chi connectivity index (χ3v) is 3.11. The Morgan fingerprint density at radius 1 is 1.21 bits per heavy atom. The monoisotopic (exact) mass is 322 g/mol. The largest absolute Gasteiger partial charge is 0.478 e. The first-order valence-corrected chi connectivity index (χ1v) is 6.30. The lowest BCUT2D eigenvalue weighted by molar-refractivity contribution is 0.0697. The molecule has 0 radical (unpaired) electrons. The molecule has 2 aromatic carbocycles. The number of halogens is 1. The number of aliphatic hydroxyl groups is 1. The minimum Gasteiger partial charge on any atom is -0.478 e. The predicted octanol–water partition coefficient (Wildman–Crippen LogP) is 3.43. The molecule has 0 spiro atoms. The average molecular weight is 323 g/mol. The van der Waals surface area contributed by atoms with Gasteiger partial charge in [-0.1, -0.05) is 12.1 Å². The summed E-state index contributed by atoms with van der Waals surface area (Å²) in [6, 6.07) is 11.6. The SMILES string of the molecule is O=C(O)c1ccc(Oc2cccc(CO)c2)c(Br)c1. The van der Waals surface area contributed by atoms with Crippen LogP contribution in [0.3, 0.4) is 0 Å². The maximum atomic E-state index is 10.8. The van der Waals surface area contributed by atoms with Gasteiger partial charge in [0.2, 0.25) is 0 Å². The van der Waals surface area contributed by atoms with Crippen LogP contribution in [0.2, 0.25) is 0 Å². The Morgan fingerprint density at radius 2 is 2.00 bits per heavy atom. The summed E-state index contributed by atoms with van der Waals surface area (Å²) in [5, 5.41) is 17.9. The minimum absolute atomic E-state index is 0.0592. The highest BCUT2D eigenvalue weighted by atomic mass is 79.9. The fourth-order valence-corrected chi connectivity index (χ4v) is 2.01. The lowest BCUT2D eigenvalue weighted by atomic mass is 10.2. The number of rotatable bonds is 4. The Bertz CT molecular complexity index is 610. The maximum absolute atomic E-state index is 10.8. The van der Waals surface area contributed by atoms with Crippen LogP contribution >= 0.6 is 15.9 Å². The van der Waals surface area contributed by atoms with Gasteiger partial charge in [0, 0.05) is 0 Å². The zero-order valence-electron chi connectivity index (χ0n) is 9.84. The van der Waals surface area contributed by atoms with E-state index in [1.165, 1.54) is 12.1 Å². The summed E-state index contributed by atoms with van der Waals surface area (Å²) >= 11 is 3.27. The van der Waals surface area contributed by atoms with Crippen molar-refractivity contribution in [2.45, 2.75) is 6.61 Å². The molecule has 4 nitrogen and oxygen atoms in total. The smallest absolute Gasteiger partial charge is 0.335 e. The van der Waals surface area contributed by atoms with Gasteiger partial charge in [-0.15, -0.1) is 0 Å². The van der Waals surface area contributed by atoms with Gasteiger partial charge in [-0.05, 0) is 51.8 Å². The number of benzene rings is 2. The van der Waals surface area contributed by atoms with E-state index in [-0.39, 0.29) is 12.2 Å². The Kier molecular flexibility index (Phi) is 4.19. The van der Waals surface area contributed by atoms with Crippen molar-refractivity contribution in [3.05, 3.63) is 58.1 Å². The number of hydrogen-bond donors (Lipinski definition) is 2. The van der Waals surface area contributed by atoms with E-state index < -0.39 is 5.97 Å². The van der Waals surface area contributed by atoms with Gasteiger partial charge in [0.05, 0.1) is 16.6 Å². The number of aliphatic hydroxyl groups excluding tert-OH is 1. The zero-order chi connectivity index (χ0) is 13.8. The molecule has 0 amide bonds. The predicted molar refractivity (Wildman–Crippen MR) is 73.5 cm³/mol. The van der Waals surface area contributed by atoms with Crippen molar-refractivity contribution in [2.24, 2.45) is 0 Å². The van der Waals surface area contributed by atoms with Crippen LogP contribution in [-0.4, -0.2) is 16.2 Å². The summed E-state index contributed by atoms with van der Waals surface area (Å²) in [6.45, 7) is -0.0592. The Morgan fingerprint density at radius 3 is 2.63 bits per heavy atom. The van der Waals surface area contributed by atoms with E-state index in [0.717, 1.165) is 5.56 Å². The summed E-state index contributed by atoms with van der Waals surface area (Å²) in [6.07, 6.45) is 0. The molecular weight excluding hydrogens is 312 g/mol. The number of carbonyl (C=O) groups is 1. The second kappa shape index (κ2) is 5.86. The molecule has 98 valence electrons. The van der Waals surface area contributed by atoms with Crippen molar-refractivity contribution in [2.75, 3.05) is 0 Å². The van der Waals surface area contributed by atoms with Crippen LogP contribution in [0.4, 0.5) is 0 Å². The summed E-state index contributed by atoms with van der Waals surface area (Å²) in [7, 11) is 0. The third-order valence-electron chi connectivity index (χ3n) is 2.49. The van der Waals surface area contributed by atoms with Crippen LogP contribution in [-0.2, 0) is 6.61 Å². The van der Waals surface area contributed by atoms with E-state index in [4.69, 9.17) is 14.9 Å². The molecule has 0 heterocycles. The number of carboxylic acids is 1. The first-order chi connectivity index (χ1) is 9.10. The number of hydrogen-bond acceptors (Lipinski definition) is 3. The minimum atomic E-state index is -0.991. The van der Waals surface area contributed by atoms with Gasteiger partial charge in [0.15, 0.2) is 0 Å². The van der Waals surface area contributed by atoms with Gasteiger partial charge in [-0.3, -0.25) is 0 Å². The Labute approximate surface area is 118 Å². The molecule has 0 atom stereocenters. The van der Waals surface area contributed by atoms with Gasteiger partial charge < -0.3 is 14.9 Å². The third kappa shape index (κ3) is 3.33. The van der Waals surface area contributed by atoms with Crippen LogP contribution in [0.1, 0.15) is 15.9 Å². The highest BCUT2D eigenvalue weighted by Crippen LogP contribution is 2.30. The van der Waals surface area contributed by atoms with Crippen molar-refractivity contribution in [1.82, 2.24) is 0 Å². The molecule has 0 bridgehead atoms. The number of ether oxygens (including phenoxy) is 1. The lowest BCUT2D eigenvalue weighted by Gasteiger charge is -2.09. The van der Waals surface area contributed by atoms with E-state index in [2.05, 4.69) is 15.9 Å². The number of aromatic carboxylic acids is 1. The molecule has 2 aromatic rings. The van der Waals surface area contributed by atoms with Gasteiger partial charge in [-0.25, -0.2) is 4.79 Å². The Hall–Kier alpha value is -1.85. The molecule has 0 fully saturated rings. The van der Waals surface area contributed by atoms with Crippen molar-refractivity contribution in [3.8, 4) is 11.5 Å². The second-order valence-corrected chi connectivity index (χ2v) is 4.71. The van der Waals surface area contributed by atoms with Crippen LogP contribution in [0.15, 0.2) is 46.9 Å². The first-order valence-electron chi connectivity index (χ1n) is 5.50. The van der Waals surface area contributed by atoms with E-state index >= 15 is 0 Å². The summed E-state index contributed by atoms with van der Waals surface area (Å²) in [4.78, 5) is 10.8. The molecule has 5 heteroatoms. The molecule has 0 aliphatic heterocycles. The van der Waals surface area contributed by atoms with E-state index in [1.807, 2.05) is 0 Å². The molecule has 19 heavy (non-hydrogen) atoms. The van der Waals surface area contributed by atoms with Crippen LogP contribution < -0.4 is 4.74 Å². The average Bonchev–Trinajstić information content (AvgIpc) is 2.41. The molecule has 0 saturated heterocycles. The van der Waals surface area contributed by atoms with Crippen LogP contribution in [0, 0.1) is 0 Å². The molecule has 0 aliphatic rings. The Balaban J connectivity index is 2.25. The molecular formula is C14H11BrO4. The summed E-state index contributed by atoms with van der Waals surface area (Å²) in [5.41, 5.74) is 0.930. The summed E-state index contributed by atoms with van der Waals surface area (Å²) < 4.78 is 6.19. The summed E-state index contributed by atoms with van der Waals surface area (Å²) in [5.74, 6) is 0.102. The zero-order valence-corrected chi connectivity index (χ0v) is 11.4. The number of carboxylic acid groups (broad SMARTS) is 1. The van der Waals surface area contributed by atoms with Crippen molar-refractivity contribution < 1.29 is 19.7 Å². The molecule has 0 saturated carbocycles. The molecule has 2 rings (SSSR count). The van der Waals surface area contributed by atoms with Crippen molar-refractivity contribution in [3.63, 3.8) is 0 Å². The standard InChI is InChI=1S/C14H11BrO4/c15-12-7-10(14(17)18)4-5-13(12)19-11-3-1-2-9(6-11)8-16/h1-7,16H,8H2,(H,17,18). The van der Waals surface area contributed by atoms with Crippen LogP contribution in [0.5, 0.6) is 11.5 Å². The molecule has 0 aliphatic carbocycles. The highest BCUT2D eigenvalue weighted by Gasteiger charge is 2.08. The van der Waals surface area contributed by atoms with E-state index in [0.29, 0.717) is 16.0 Å². The molecule has 0 aromatic heterocycles. The quantitative estimate of drug-likeness (QED) is 0.905. The van der Waals surface area contributed by atoms with Gasteiger partial charge in [-0.2, -0.15) is 0 Å². The fraction of sp³-hybridized carbons (Fsp3) is 0.0714. The van der Waals surface area contributed by atoms with Gasteiger partial charge >= 0.3 is 5.97 Å². The van der Waals surface area contributed by atoms with Gasteiger partial charge in [0.1, 0.15) is 11.5 Å². The molecule has 0 unspecified atom stereocenters. The highest BCUT2D eigenvalue weighted by molar-refractivity contribution is 9.10. The van der Waals surface area contributed by atoms with Crippen molar-refractivity contribution in [1.29, 1.82) is 0 Å². The van der Waals surface area contributed by atoms with E-state index in [9.17, 15) is 4.79 Å². The van der Waals surface area contributed by atoms with Crippen molar-refractivity contribution >= 4 is 21.9 Å². The van der Waals surface area contributed by atoms with Gasteiger partial charge in [0.25, 0.3) is 0 Å². The van der Waals surface area contributed by atoms with E-state index in [1.54, 1.807) is 30.3 Å². The lowest BCUT2D eigenvalue weighted by Crippen LogP contribution is -1.96. The maximum Gasteiger partial charge on any atom is 0.335 e. The normalized spacial score (nSPS) is 10.2. The van der Waals surface area contributed by atoms with Crippen LogP contribution in [0.25, 0.3) is 0 Å². The topological polar surface area (TPSA) is 66.8 Å². The first kappa shape index (κ1) is 13.6.